The van der Waals surface area contributed by atoms with Crippen LogP contribution < -0.4 is 5.43 Å². The molecule has 0 aliphatic rings. The van der Waals surface area contributed by atoms with Gasteiger partial charge in [-0.25, -0.2) is 5.43 Å². The van der Waals surface area contributed by atoms with E-state index in [1.807, 2.05) is 0 Å². The van der Waals surface area contributed by atoms with Crippen molar-refractivity contribution in [2.75, 3.05) is 0 Å². The summed E-state index contributed by atoms with van der Waals surface area (Å²) in [6.07, 6.45) is 7.80. The number of rotatable bonds is 10. The van der Waals surface area contributed by atoms with Crippen molar-refractivity contribution in [3.05, 3.63) is 44.0 Å². The minimum absolute atomic E-state index is 0.273. The fraction of sp³-hybridized carbons (Fsp3) is 0.467. The van der Waals surface area contributed by atoms with Crippen LogP contribution >= 0.6 is 0 Å². The Labute approximate surface area is 139 Å². The van der Waals surface area contributed by atoms with Gasteiger partial charge in [0.05, 0.1) is 15.9 Å². The van der Waals surface area contributed by atoms with Gasteiger partial charge in [-0.3, -0.25) is 25.0 Å². The van der Waals surface area contributed by atoms with E-state index in [1.165, 1.54) is 6.42 Å². The third kappa shape index (κ3) is 6.11. The zero-order valence-electron chi connectivity index (χ0n) is 13.4. The van der Waals surface area contributed by atoms with Crippen LogP contribution in [0.15, 0.2) is 23.3 Å². The van der Waals surface area contributed by atoms with Gasteiger partial charge in [-0.2, -0.15) is 5.10 Å². The number of nitrogens with zero attached hydrogens (tertiary/aromatic N) is 3. The van der Waals surface area contributed by atoms with E-state index in [1.54, 1.807) is 6.21 Å². The molecule has 1 rings (SSSR count). The molecule has 0 saturated heterocycles. The summed E-state index contributed by atoms with van der Waals surface area (Å²) < 4.78 is 0. The van der Waals surface area contributed by atoms with Crippen molar-refractivity contribution in [3.8, 4) is 0 Å². The molecule has 0 bridgehead atoms. The number of non-ortho nitro benzene ring substituents is 1. The van der Waals surface area contributed by atoms with E-state index in [-0.39, 0.29) is 5.56 Å². The van der Waals surface area contributed by atoms with Crippen LogP contribution in [0.5, 0.6) is 0 Å². The summed E-state index contributed by atoms with van der Waals surface area (Å²) in [6.45, 7) is 2.13. The Hall–Kier alpha value is -2.84. The van der Waals surface area contributed by atoms with Gasteiger partial charge in [0, 0.05) is 12.3 Å². The third-order valence-corrected chi connectivity index (χ3v) is 3.33. The maximum absolute atomic E-state index is 11.9. The second-order valence-corrected chi connectivity index (χ2v) is 5.17. The number of nitro benzene ring substituents is 2. The van der Waals surface area contributed by atoms with E-state index in [4.69, 9.17) is 0 Å². The highest BCUT2D eigenvalue weighted by Crippen LogP contribution is 2.24. The zero-order valence-corrected chi connectivity index (χ0v) is 13.4. The van der Waals surface area contributed by atoms with Crippen LogP contribution in [0.4, 0.5) is 11.4 Å². The smallest absolute Gasteiger partial charge is 0.267 e. The standard InChI is InChI=1S/C15H20N4O5/c1-2-3-4-5-6-7-10-16-17-15(20)13-9-8-12(18(21)22)11-14(13)19(23)24/h8-11H,2-7H2,1H3,(H,17,20)/b16-10+. The lowest BCUT2D eigenvalue weighted by Gasteiger charge is -2.01. The normalized spacial score (nSPS) is 10.7. The number of benzene rings is 1. The molecule has 9 heteroatoms. The minimum atomic E-state index is -0.834. The highest BCUT2D eigenvalue weighted by Gasteiger charge is 2.23. The number of unbranched alkanes of at least 4 members (excludes halogenated alkanes) is 5. The second kappa shape index (κ2) is 10.0. The third-order valence-electron chi connectivity index (χ3n) is 3.33. The summed E-state index contributed by atoms with van der Waals surface area (Å²) >= 11 is 0. The second-order valence-electron chi connectivity index (χ2n) is 5.17. The molecular formula is C15H20N4O5. The van der Waals surface area contributed by atoms with Crippen LogP contribution in [0.25, 0.3) is 0 Å². The van der Waals surface area contributed by atoms with Crippen molar-refractivity contribution in [1.29, 1.82) is 0 Å². The molecule has 1 amide bonds. The predicted octanol–water partition coefficient (Wildman–Crippen LogP) is 3.58. The lowest BCUT2D eigenvalue weighted by atomic mass is 10.1. The van der Waals surface area contributed by atoms with Gasteiger partial charge in [-0.15, -0.1) is 0 Å². The fourth-order valence-electron chi connectivity index (χ4n) is 2.04. The monoisotopic (exact) mass is 336 g/mol. The number of hydrazone groups is 1. The van der Waals surface area contributed by atoms with Crippen molar-refractivity contribution >= 4 is 23.5 Å². The lowest BCUT2D eigenvalue weighted by Crippen LogP contribution is -2.19. The number of nitrogens with one attached hydrogen (secondary N) is 1. The average molecular weight is 336 g/mol. The molecule has 0 aromatic heterocycles. The Morgan fingerprint density at radius 3 is 2.50 bits per heavy atom. The van der Waals surface area contributed by atoms with Crippen molar-refractivity contribution in [2.24, 2.45) is 5.10 Å². The Kier molecular flexibility index (Phi) is 8.03. The number of hydrogen-bond donors (Lipinski definition) is 1. The molecule has 1 N–H and O–H groups in total. The van der Waals surface area contributed by atoms with Gasteiger partial charge >= 0.3 is 0 Å². The fourth-order valence-corrected chi connectivity index (χ4v) is 2.04. The van der Waals surface area contributed by atoms with Crippen molar-refractivity contribution in [2.45, 2.75) is 45.4 Å². The number of nitro groups is 2. The molecule has 0 aliphatic carbocycles. The number of carbonyl (C=O) groups is 1. The average Bonchev–Trinajstić information content (AvgIpc) is 2.56. The lowest BCUT2D eigenvalue weighted by molar-refractivity contribution is -0.394. The summed E-state index contributed by atoms with van der Waals surface area (Å²) in [5.41, 5.74) is 0.850. The van der Waals surface area contributed by atoms with Crippen molar-refractivity contribution in [3.63, 3.8) is 0 Å². The maximum atomic E-state index is 11.9. The van der Waals surface area contributed by atoms with Gasteiger partial charge in [-0.1, -0.05) is 32.6 Å². The highest BCUT2D eigenvalue weighted by atomic mass is 16.6. The van der Waals surface area contributed by atoms with Gasteiger partial charge in [0.15, 0.2) is 0 Å². The molecule has 9 nitrogen and oxygen atoms in total. The summed E-state index contributed by atoms with van der Waals surface area (Å²) in [5.74, 6) is -0.779. The first-order chi connectivity index (χ1) is 11.5. The van der Waals surface area contributed by atoms with Gasteiger partial charge in [0.25, 0.3) is 17.3 Å². The minimum Gasteiger partial charge on any atom is -0.267 e. The van der Waals surface area contributed by atoms with Crippen LogP contribution in [-0.4, -0.2) is 22.0 Å². The number of amides is 1. The predicted molar refractivity (Wildman–Crippen MR) is 89.1 cm³/mol. The molecule has 0 atom stereocenters. The Bertz CT molecular complexity index is 630. The Morgan fingerprint density at radius 1 is 1.17 bits per heavy atom. The Morgan fingerprint density at radius 2 is 1.88 bits per heavy atom. The summed E-state index contributed by atoms with van der Waals surface area (Å²) in [6, 6.07) is 2.84. The summed E-state index contributed by atoms with van der Waals surface area (Å²) in [5, 5.41) is 25.4. The van der Waals surface area contributed by atoms with Gasteiger partial charge < -0.3 is 0 Å². The van der Waals surface area contributed by atoms with Gasteiger partial charge in [0.2, 0.25) is 0 Å². The van der Waals surface area contributed by atoms with E-state index in [9.17, 15) is 25.0 Å². The van der Waals surface area contributed by atoms with Crippen molar-refractivity contribution in [1.82, 2.24) is 5.43 Å². The molecule has 0 radical (unpaired) electrons. The first-order valence-electron chi connectivity index (χ1n) is 7.72. The topological polar surface area (TPSA) is 128 Å². The Balaban J connectivity index is 2.61. The molecule has 0 unspecified atom stereocenters. The summed E-state index contributed by atoms with van der Waals surface area (Å²) in [4.78, 5) is 32.0. The molecule has 0 heterocycles. The molecule has 24 heavy (non-hydrogen) atoms. The van der Waals surface area contributed by atoms with Crippen LogP contribution in [0.2, 0.25) is 0 Å². The largest absolute Gasteiger partial charge is 0.289 e. The van der Waals surface area contributed by atoms with Gasteiger partial charge in [0.1, 0.15) is 5.56 Å². The molecule has 130 valence electrons. The van der Waals surface area contributed by atoms with Gasteiger partial charge in [-0.05, 0) is 18.9 Å². The first kappa shape index (κ1) is 19.2. The van der Waals surface area contributed by atoms with E-state index in [0.29, 0.717) is 6.42 Å². The zero-order chi connectivity index (χ0) is 17.9. The molecule has 0 spiro atoms. The van der Waals surface area contributed by atoms with Crippen molar-refractivity contribution < 1.29 is 14.6 Å². The van der Waals surface area contributed by atoms with E-state index >= 15 is 0 Å². The molecule has 0 aliphatic heterocycles. The molecular weight excluding hydrogens is 316 g/mol. The molecule has 1 aromatic rings. The molecule has 0 saturated carbocycles. The molecule has 1 aromatic carbocycles. The van der Waals surface area contributed by atoms with E-state index in [0.717, 1.165) is 43.9 Å². The number of carbonyl (C=O) groups excluding carboxylic acids is 1. The first-order valence-corrected chi connectivity index (χ1v) is 7.72. The van der Waals surface area contributed by atoms with Crippen LogP contribution in [0.1, 0.15) is 55.8 Å². The van der Waals surface area contributed by atoms with Crippen LogP contribution in [0.3, 0.4) is 0 Å². The highest BCUT2D eigenvalue weighted by molar-refractivity contribution is 5.98. The number of hydrogen-bond acceptors (Lipinski definition) is 6. The quantitative estimate of drug-likeness (QED) is 0.302. The summed E-state index contributed by atoms with van der Waals surface area (Å²) in [7, 11) is 0. The van der Waals surface area contributed by atoms with E-state index in [2.05, 4.69) is 17.5 Å². The van der Waals surface area contributed by atoms with E-state index < -0.39 is 27.1 Å². The molecule has 0 fully saturated rings. The maximum Gasteiger partial charge on any atom is 0.289 e. The van der Waals surface area contributed by atoms with Crippen LogP contribution in [0, 0.1) is 20.2 Å². The SMILES string of the molecule is CCCCCCC/C=N/NC(=O)c1ccc([N+](=O)[O-])cc1[N+](=O)[O-]. The van der Waals surface area contributed by atoms with Crippen LogP contribution in [-0.2, 0) is 0 Å².